The van der Waals surface area contributed by atoms with Crippen LogP contribution in [0.3, 0.4) is 0 Å². The summed E-state index contributed by atoms with van der Waals surface area (Å²) in [5, 5.41) is 0. The smallest absolute Gasteiger partial charge is 0.276 e. The molecule has 0 spiro atoms. The van der Waals surface area contributed by atoms with Crippen LogP contribution >= 0.6 is 0 Å². The minimum atomic E-state index is -2.88. The molecule has 0 aliphatic carbocycles. The van der Waals surface area contributed by atoms with Gasteiger partial charge < -0.3 is 4.74 Å². The van der Waals surface area contributed by atoms with Gasteiger partial charge in [0, 0.05) is 12.0 Å². The molecule has 20 heavy (non-hydrogen) atoms. The van der Waals surface area contributed by atoms with E-state index in [0.717, 1.165) is 16.9 Å². The predicted molar refractivity (Wildman–Crippen MR) is 77.1 cm³/mol. The zero-order valence-electron chi connectivity index (χ0n) is 11.3. The molecule has 0 N–H and O–H groups in total. The van der Waals surface area contributed by atoms with Gasteiger partial charge in [-0.2, -0.15) is 0 Å². The van der Waals surface area contributed by atoms with E-state index in [9.17, 15) is 8.78 Å². The second-order valence-electron chi connectivity index (χ2n) is 4.51. The highest BCUT2D eigenvalue weighted by molar-refractivity contribution is 5.65. The molecule has 0 aliphatic heterocycles. The molecule has 2 aromatic rings. The van der Waals surface area contributed by atoms with Gasteiger partial charge in [-0.3, -0.25) is 0 Å². The fraction of sp³-hybridized carbons (Fsp3) is 0.176. The zero-order valence-corrected chi connectivity index (χ0v) is 11.3. The quantitative estimate of drug-likeness (QED) is 0.695. The van der Waals surface area contributed by atoms with Gasteiger partial charge in [-0.25, -0.2) is 8.78 Å². The maximum absolute atomic E-state index is 13.9. The summed E-state index contributed by atoms with van der Waals surface area (Å²) < 4.78 is 32.8. The van der Waals surface area contributed by atoms with E-state index in [1.807, 2.05) is 30.3 Å². The first kappa shape index (κ1) is 14.3. The van der Waals surface area contributed by atoms with Crippen LogP contribution in [-0.4, -0.2) is 7.11 Å². The van der Waals surface area contributed by atoms with Crippen LogP contribution in [0, 0.1) is 0 Å². The number of methoxy groups -OCH3 is 1. The van der Waals surface area contributed by atoms with Gasteiger partial charge in [-0.1, -0.05) is 36.4 Å². The van der Waals surface area contributed by atoms with Crippen LogP contribution < -0.4 is 4.74 Å². The van der Waals surface area contributed by atoms with Crippen molar-refractivity contribution in [2.45, 2.75) is 12.3 Å². The van der Waals surface area contributed by atoms with Gasteiger partial charge in [0.05, 0.1) is 7.11 Å². The van der Waals surface area contributed by atoms with Crippen LogP contribution in [-0.2, 0) is 5.92 Å². The molecule has 0 heterocycles. The van der Waals surface area contributed by atoms with Crippen molar-refractivity contribution in [1.82, 2.24) is 0 Å². The first-order chi connectivity index (χ1) is 9.56. The van der Waals surface area contributed by atoms with E-state index in [-0.39, 0.29) is 12.0 Å². The summed E-state index contributed by atoms with van der Waals surface area (Å²) in [6.07, 6.45) is 0.874. The molecule has 0 amide bonds. The van der Waals surface area contributed by atoms with Crippen LogP contribution in [0.2, 0.25) is 0 Å². The Morgan fingerprint density at radius 1 is 1.10 bits per heavy atom. The minimum absolute atomic E-state index is 0.00529. The SMILES string of the molecule is C=CCC(F)(F)c1cccc(-c2ccc(OC)cc2)c1. The van der Waals surface area contributed by atoms with E-state index in [1.54, 1.807) is 13.2 Å². The van der Waals surface area contributed by atoms with Gasteiger partial charge >= 0.3 is 0 Å². The van der Waals surface area contributed by atoms with Gasteiger partial charge in [0.1, 0.15) is 5.75 Å². The number of ether oxygens (including phenoxy) is 1. The number of hydrogen-bond donors (Lipinski definition) is 0. The Morgan fingerprint density at radius 2 is 1.80 bits per heavy atom. The summed E-state index contributed by atoms with van der Waals surface area (Å²) in [7, 11) is 1.59. The van der Waals surface area contributed by atoms with Crippen LogP contribution in [0.1, 0.15) is 12.0 Å². The molecule has 0 radical (unpaired) electrons. The average Bonchev–Trinajstić information content (AvgIpc) is 2.47. The van der Waals surface area contributed by atoms with Crippen molar-refractivity contribution in [3.63, 3.8) is 0 Å². The molecular weight excluding hydrogens is 258 g/mol. The molecule has 0 atom stereocenters. The highest BCUT2D eigenvalue weighted by Gasteiger charge is 2.29. The van der Waals surface area contributed by atoms with E-state index in [2.05, 4.69) is 6.58 Å². The molecule has 1 nitrogen and oxygen atoms in total. The van der Waals surface area contributed by atoms with Gasteiger partial charge in [-0.05, 0) is 29.3 Å². The normalized spacial score (nSPS) is 11.2. The van der Waals surface area contributed by atoms with Crippen molar-refractivity contribution in [2.75, 3.05) is 7.11 Å². The van der Waals surface area contributed by atoms with E-state index >= 15 is 0 Å². The molecule has 0 unspecified atom stereocenters. The molecular formula is C17H16F2O. The second-order valence-corrected chi connectivity index (χ2v) is 4.51. The third-order valence-corrected chi connectivity index (χ3v) is 3.11. The monoisotopic (exact) mass is 274 g/mol. The summed E-state index contributed by atoms with van der Waals surface area (Å²) in [5.74, 6) is -2.15. The molecule has 0 fully saturated rings. The Kier molecular flexibility index (Phi) is 4.18. The molecule has 0 saturated heterocycles. The number of hydrogen-bond acceptors (Lipinski definition) is 1. The summed E-state index contributed by atoms with van der Waals surface area (Å²) >= 11 is 0. The number of alkyl halides is 2. The van der Waals surface area contributed by atoms with E-state index in [4.69, 9.17) is 4.74 Å². The third-order valence-electron chi connectivity index (χ3n) is 3.11. The highest BCUT2D eigenvalue weighted by atomic mass is 19.3. The number of benzene rings is 2. The largest absolute Gasteiger partial charge is 0.497 e. The fourth-order valence-electron chi connectivity index (χ4n) is 2.01. The lowest BCUT2D eigenvalue weighted by Gasteiger charge is -2.15. The number of allylic oxidation sites excluding steroid dienone is 1. The third kappa shape index (κ3) is 3.05. The zero-order chi connectivity index (χ0) is 14.6. The molecule has 3 heteroatoms. The molecule has 104 valence electrons. The topological polar surface area (TPSA) is 9.23 Å². The van der Waals surface area contributed by atoms with Gasteiger partial charge in [0.15, 0.2) is 0 Å². The molecule has 0 aliphatic rings. The van der Waals surface area contributed by atoms with Crippen molar-refractivity contribution >= 4 is 0 Å². The Labute approximate surface area is 117 Å². The van der Waals surface area contributed by atoms with Crippen LogP contribution in [0.25, 0.3) is 11.1 Å². The molecule has 2 rings (SSSR count). The lowest BCUT2D eigenvalue weighted by Crippen LogP contribution is -2.11. The second kappa shape index (κ2) is 5.87. The Bertz CT molecular complexity index is 588. The minimum Gasteiger partial charge on any atom is -0.497 e. The summed E-state index contributed by atoms with van der Waals surface area (Å²) in [6, 6.07) is 13.7. The lowest BCUT2D eigenvalue weighted by atomic mass is 9.99. The first-order valence-corrected chi connectivity index (χ1v) is 6.30. The van der Waals surface area contributed by atoms with Gasteiger partial charge in [0.2, 0.25) is 0 Å². The van der Waals surface area contributed by atoms with Crippen molar-refractivity contribution in [3.05, 3.63) is 66.7 Å². The van der Waals surface area contributed by atoms with Crippen molar-refractivity contribution in [3.8, 4) is 16.9 Å². The summed E-state index contributed by atoms with van der Waals surface area (Å²) in [4.78, 5) is 0. The number of rotatable bonds is 5. The highest BCUT2D eigenvalue weighted by Crippen LogP contribution is 2.34. The molecule has 2 aromatic carbocycles. The van der Waals surface area contributed by atoms with Gasteiger partial charge in [0.25, 0.3) is 5.92 Å². The lowest BCUT2D eigenvalue weighted by molar-refractivity contribution is -0.000806. The Hall–Kier alpha value is -2.16. The van der Waals surface area contributed by atoms with Crippen LogP contribution in [0.15, 0.2) is 61.2 Å². The van der Waals surface area contributed by atoms with Crippen LogP contribution in [0.5, 0.6) is 5.75 Å². The first-order valence-electron chi connectivity index (χ1n) is 6.30. The predicted octanol–water partition coefficient (Wildman–Crippen LogP) is 5.03. The van der Waals surface area contributed by atoms with E-state index in [1.165, 1.54) is 18.2 Å². The van der Waals surface area contributed by atoms with Crippen molar-refractivity contribution < 1.29 is 13.5 Å². The fourth-order valence-corrected chi connectivity index (χ4v) is 2.01. The van der Waals surface area contributed by atoms with Gasteiger partial charge in [-0.15, -0.1) is 6.58 Å². The van der Waals surface area contributed by atoms with Crippen molar-refractivity contribution in [2.24, 2.45) is 0 Å². The van der Waals surface area contributed by atoms with E-state index < -0.39 is 5.92 Å². The molecule has 0 bridgehead atoms. The Morgan fingerprint density at radius 3 is 2.40 bits per heavy atom. The standard InChI is InChI=1S/C17H16F2O/c1-3-11-17(18,19)15-6-4-5-14(12-15)13-7-9-16(20-2)10-8-13/h3-10,12H,1,11H2,2H3. The Balaban J connectivity index is 2.35. The average molecular weight is 274 g/mol. The molecule has 0 aromatic heterocycles. The maximum Gasteiger partial charge on any atom is 0.276 e. The maximum atomic E-state index is 13.9. The van der Waals surface area contributed by atoms with E-state index in [0.29, 0.717) is 0 Å². The summed E-state index contributed by atoms with van der Waals surface area (Å²) in [5.41, 5.74) is 1.64. The summed E-state index contributed by atoms with van der Waals surface area (Å²) in [6.45, 7) is 3.38. The number of halogens is 2. The van der Waals surface area contributed by atoms with Crippen molar-refractivity contribution in [1.29, 1.82) is 0 Å². The van der Waals surface area contributed by atoms with Crippen LogP contribution in [0.4, 0.5) is 8.78 Å². The molecule has 0 saturated carbocycles.